The Morgan fingerprint density at radius 3 is 2.85 bits per heavy atom. The Hall–Kier alpha value is -1.30. The highest BCUT2D eigenvalue weighted by atomic mass is 32.2. The van der Waals surface area contributed by atoms with Gasteiger partial charge in [-0.3, -0.25) is 9.59 Å². The van der Waals surface area contributed by atoms with E-state index in [-0.39, 0.29) is 16.7 Å². The maximum Gasteiger partial charge on any atom is 0.251 e. The summed E-state index contributed by atoms with van der Waals surface area (Å²) in [5.74, 6) is 0.135. The Morgan fingerprint density at radius 1 is 1.50 bits per heavy atom. The van der Waals surface area contributed by atoms with Crippen molar-refractivity contribution in [3.63, 3.8) is 0 Å². The lowest BCUT2D eigenvalue weighted by molar-refractivity contribution is -0.129. The number of aromatic amines is 1. The molecule has 0 unspecified atom stereocenters. The zero-order valence-electron chi connectivity index (χ0n) is 12.0. The standard InChI is InChI=1S/C14H21N3O2S/c1-3-6-11-9-12(18)16-14(15-11)20-10(2)13(19)17-7-4-5-8-17/h9-10H,3-8H2,1-2H3,(H,15,16,18)/t10-/m1/s1. The van der Waals surface area contributed by atoms with Crippen molar-refractivity contribution in [2.45, 2.75) is 49.9 Å². The first-order chi connectivity index (χ1) is 9.60. The third kappa shape index (κ3) is 3.85. The van der Waals surface area contributed by atoms with Crippen LogP contribution in [-0.4, -0.2) is 39.1 Å². The number of hydrogen-bond donors (Lipinski definition) is 1. The van der Waals surface area contributed by atoms with Crippen molar-refractivity contribution >= 4 is 17.7 Å². The lowest BCUT2D eigenvalue weighted by Crippen LogP contribution is -2.34. The van der Waals surface area contributed by atoms with E-state index in [9.17, 15) is 9.59 Å². The number of aromatic nitrogens is 2. The van der Waals surface area contributed by atoms with Gasteiger partial charge in [-0.15, -0.1) is 0 Å². The molecular formula is C14H21N3O2S. The first-order valence-electron chi connectivity index (χ1n) is 7.16. The molecule has 6 heteroatoms. The van der Waals surface area contributed by atoms with Crippen molar-refractivity contribution in [2.75, 3.05) is 13.1 Å². The van der Waals surface area contributed by atoms with E-state index in [1.807, 2.05) is 11.8 Å². The summed E-state index contributed by atoms with van der Waals surface area (Å²) in [5, 5.41) is 0.328. The monoisotopic (exact) mass is 295 g/mol. The highest BCUT2D eigenvalue weighted by Gasteiger charge is 2.24. The van der Waals surface area contributed by atoms with Crippen LogP contribution in [0.5, 0.6) is 0 Å². The number of rotatable bonds is 5. The van der Waals surface area contributed by atoms with E-state index < -0.39 is 0 Å². The SMILES string of the molecule is CCCc1cc(=O)[nH]c(S[C@H](C)C(=O)N2CCCC2)n1. The minimum absolute atomic E-state index is 0.135. The maximum atomic E-state index is 12.2. The van der Waals surface area contributed by atoms with Crippen LogP contribution in [0.4, 0.5) is 0 Å². The number of amides is 1. The van der Waals surface area contributed by atoms with Gasteiger partial charge in [-0.25, -0.2) is 4.98 Å². The van der Waals surface area contributed by atoms with Crippen LogP contribution in [0.2, 0.25) is 0 Å². The molecule has 110 valence electrons. The Balaban J connectivity index is 2.04. The second-order valence-corrected chi connectivity index (χ2v) is 6.41. The molecule has 1 aliphatic rings. The third-order valence-corrected chi connectivity index (χ3v) is 4.30. The number of H-pyrrole nitrogens is 1. The molecular weight excluding hydrogens is 274 g/mol. The molecule has 1 N–H and O–H groups in total. The molecule has 1 aromatic rings. The average molecular weight is 295 g/mol. The van der Waals surface area contributed by atoms with Crippen molar-refractivity contribution in [2.24, 2.45) is 0 Å². The highest BCUT2D eigenvalue weighted by molar-refractivity contribution is 8.00. The van der Waals surface area contributed by atoms with Crippen molar-refractivity contribution < 1.29 is 4.79 Å². The second kappa shape index (κ2) is 6.92. The van der Waals surface area contributed by atoms with Gasteiger partial charge in [-0.05, 0) is 26.2 Å². The van der Waals surface area contributed by atoms with E-state index >= 15 is 0 Å². The Bertz CT molecular complexity index is 523. The lowest BCUT2D eigenvalue weighted by atomic mass is 10.2. The van der Waals surface area contributed by atoms with Gasteiger partial charge in [-0.1, -0.05) is 25.1 Å². The molecule has 1 fully saturated rings. The summed E-state index contributed by atoms with van der Waals surface area (Å²) in [6.45, 7) is 5.63. The zero-order valence-corrected chi connectivity index (χ0v) is 12.8. The largest absolute Gasteiger partial charge is 0.342 e. The molecule has 0 aromatic carbocycles. The minimum atomic E-state index is -0.215. The molecule has 1 aliphatic heterocycles. The number of carbonyl (C=O) groups is 1. The van der Waals surface area contributed by atoms with Crippen LogP contribution in [0.25, 0.3) is 0 Å². The fourth-order valence-corrected chi connectivity index (χ4v) is 3.25. The van der Waals surface area contributed by atoms with Crippen LogP contribution in [0.1, 0.15) is 38.8 Å². The van der Waals surface area contributed by atoms with Crippen molar-refractivity contribution in [3.05, 3.63) is 22.1 Å². The topological polar surface area (TPSA) is 66.1 Å². The Labute approximate surface area is 123 Å². The predicted octanol–water partition coefficient (Wildman–Crippen LogP) is 1.83. The molecule has 0 saturated carbocycles. The summed E-state index contributed by atoms with van der Waals surface area (Å²) < 4.78 is 0. The summed E-state index contributed by atoms with van der Waals surface area (Å²) in [6.07, 6.45) is 3.91. The molecule has 2 rings (SSSR count). The van der Waals surface area contributed by atoms with Gasteiger partial charge in [0, 0.05) is 24.8 Å². The van der Waals surface area contributed by atoms with Gasteiger partial charge in [0.05, 0.1) is 5.25 Å². The van der Waals surface area contributed by atoms with Crippen molar-refractivity contribution in [3.8, 4) is 0 Å². The minimum Gasteiger partial charge on any atom is -0.342 e. The van der Waals surface area contributed by atoms with Gasteiger partial charge in [0.2, 0.25) is 5.91 Å². The Kier molecular flexibility index (Phi) is 5.23. The molecule has 1 aromatic heterocycles. The van der Waals surface area contributed by atoms with Crippen molar-refractivity contribution in [1.82, 2.24) is 14.9 Å². The van der Waals surface area contributed by atoms with E-state index in [0.29, 0.717) is 5.16 Å². The molecule has 1 saturated heterocycles. The van der Waals surface area contributed by atoms with Crippen LogP contribution in [-0.2, 0) is 11.2 Å². The Morgan fingerprint density at radius 2 is 2.20 bits per heavy atom. The van der Waals surface area contributed by atoms with Crippen LogP contribution in [0.15, 0.2) is 16.0 Å². The average Bonchev–Trinajstić information content (AvgIpc) is 2.91. The van der Waals surface area contributed by atoms with E-state index in [0.717, 1.165) is 44.5 Å². The van der Waals surface area contributed by atoms with Crippen LogP contribution < -0.4 is 5.56 Å². The van der Waals surface area contributed by atoms with Crippen molar-refractivity contribution in [1.29, 1.82) is 0 Å². The molecule has 5 nitrogen and oxygen atoms in total. The summed E-state index contributed by atoms with van der Waals surface area (Å²) in [5.41, 5.74) is 0.645. The second-order valence-electron chi connectivity index (χ2n) is 5.08. The first kappa shape index (κ1) is 15.1. The van der Waals surface area contributed by atoms with Gasteiger partial charge in [0.1, 0.15) is 0 Å². The summed E-state index contributed by atoms with van der Waals surface area (Å²) in [7, 11) is 0. The number of likely N-dealkylation sites (tertiary alicyclic amines) is 1. The van der Waals surface area contributed by atoms with Gasteiger partial charge in [0.25, 0.3) is 5.56 Å². The quantitative estimate of drug-likeness (QED) is 0.665. The molecule has 0 bridgehead atoms. The molecule has 2 heterocycles. The number of nitrogens with one attached hydrogen (secondary N) is 1. The summed E-state index contributed by atoms with van der Waals surface area (Å²) in [6, 6.07) is 1.53. The summed E-state index contributed by atoms with van der Waals surface area (Å²) in [4.78, 5) is 32.8. The van der Waals surface area contributed by atoms with Gasteiger partial charge >= 0.3 is 0 Å². The number of thioether (sulfide) groups is 1. The summed E-state index contributed by atoms with van der Waals surface area (Å²) >= 11 is 1.33. The lowest BCUT2D eigenvalue weighted by Gasteiger charge is -2.19. The number of aryl methyl sites for hydroxylation is 1. The van der Waals surface area contributed by atoms with Crippen LogP contribution in [0.3, 0.4) is 0 Å². The van der Waals surface area contributed by atoms with Gasteiger partial charge in [0.15, 0.2) is 5.16 Å². The fraction of sp³-hybridized carbons (Fsp3) is 0.643. The fourth-order valence-electron chi connectivity index (χ4n) is 2.34. The highest BCUT2D eigenvalue weighted by Crippen LogP contribution is 2.22. The molecule has 20 heavy (non-hydrogen) atoms. The molecule has 0 aliphatic carbocycles. The number of nitrogens with zero attached hydrogens (tertiary/aromatic N) is 2. The maximum absolute atomic E-state index is 12.2. The van der Waals surface area contributed by atoms with E-state index in [1.54, 1.807) is 0 Å². The number of hydrogen-bond acceptors (Lipinski definition) is 4. The number of carbonyl (C=O) groups excluding carboxylic acids is 1. The van der Waals surface area contributed by atoms with Gasteiger partial charge < -0.3 is 9.88 Å². The first-order valence-corrected chi connectivity index (χ1v) is 8.04. The van der Waals surface area contributed by atoms with E-state index in [4.69, 9.17) is 0 Å². The molecule has 1 atom stereocenters. The van der Waals surface area contributed by atoms with E-state index in [2.05, 4.69) is 16.9 Å². The van der Waals surface area contributed by atoms with Crippen LogP contribution in [0, 0.1) is 0 Å². The molecule has 0 radical (unpaired) electrons. The third-order valence-electron chi connectivity index (χ3n) is 3.33. The van der Waals surface area contributed by atoms with E-state index in [1.165, 1.54) is 17.8 Å². The smallest absolute Gasteiger partial charge is 0.251 e. The molecule has 0 spiro atoms. The predicted molar refractivity (Wildman–Crippen MR) is 80.0 cm³/mol. The molecule has 1 amide bonds. The van der Waals surface area contributed by atoms with Gasteiger partial charge in [-0.2, -0.15) is 0 Å². The normalized spacial score (nSPS) is 16.4. The zero-order chi connectivity index (χ0) is 14.5. The van der Waals surface area contributed by atoms with Crippen LogP contribution >= 0.6 is 11.8 Å².